The third kappa shape index (κ3) is 4.05. The fourth-order valence-electron chi connectivity index (χ4n) is 3.50. The molecule has 0 saturated heterocycles. The van der Waals surface area contributed by atoms with Gasteiger partial charge in [-0.05, 0) is 36.1 Å². The largest absolute Gasteiger partial charge is 0.508 e. The van der Waals surface area contributed by atoms with E-state index in [9.17, 15) is 20.1 Å². The number of nitrogens with zero attached hydrogens (tertiary/aromatic N) is 1. The minimum atomic E-state index is -0.868. The first kappa shape index (κ1) is 17.1. The number of phenolic OH excluding ortho intramolecular Hbond substituents is 2. The number of carbonyl (C=O) groups is 1. The Hall–Kier alpha value is -2.69. The third-order valence-corrected chi connectivity index (χ3v) is 4.86. The summed E-state index contributed by atoms with van der Waals surface area (Å²) in [5, 5.41) is 28.9. The number of phenols is 2. The number of rotatable bonds is 4. The Balaban J connectivity index is 1.75. The molecule has 3 rings (SSSR count). The summed E-state index contributed by atoms with van der Waals surface area (Å²) in [4.78, 5) is 13.2. The summed E-state index contributed by atoms with van der Waals surface area (Å²) in [7, 11) is 0. The summed E-state index contributed by atoms with van der Waals surface area (Å²) >= 11 is 0. The second kappa shape index (κ2) is 7.47. The number of aromatic hydroxyl groups is 2. The molecule has 0 spiro atoms. The Labute approximate surface area is 147 Å². The van der Waals surface area contributed by atoms with Crippen LogP contribution in [-0.4, -0.2) is 32.4 Å². The molecule has 5 heteroatoms. The zero-order valence-electron chi connectivity index (χ0n) is 14.1. The fraction of sp³-hybridized carbons (Fsp3) is 0.350. The van der Waals surface area contributed by atoms with Gasteiger partial charge in [-0.2, -0.15) is 0 Å². The van der Waals surface area contributed by atoms with E-state index in [1.54, 1.807) is 11.0 Å². The lowest BCUT2D eigenvalue weighted by Gasteiger charge is -2.32. The molecule has 0 atom stereocenters. The highest BCUT2D eigenvalue weighted by Crippen LogP contribution is 2.32. The molecule has 2 aromatic carbocycles. The molecule has 2 aromatic rings. The maximum absolute atomic E-state index is 11.6. The Bertz CT molecular complexity index is 736. The average Bonchev–Trinajstić information content (AvgIpc) is 2.61. The molecule has 1 saturated carbocycles. The van der Waals surface area contributed by atoms with Gasteiger partial charge in [-0.25, -0.2) is 4.79 Å². The standard InChI is InChI=1S/C20H23NO4/c22-17-10-11-18(19(23)12-17)15-8-6-14(7-9-15)13-21(20(24)25)16-4-2-1-3-5-16/h6-12,16,22-23H,1-5,13H2,(H,24,25). The van der Waals surface area contributed by atoms with E-state index in [0.717, 1.165) is 36.8 Å². The van der Waals surface area contributed by atoms with Gasteiger partial charge >= 0.3 is 6.09 Å². The fourth-order valence-corrected chi connectivity index (χ4v) is 3.50. The monoisotopic (exact) mass is 341 g/mol. The maximum atomic E-state index is 11.6. The van der Waals surface area contributed by atoms with Crippen molar-refractivity contribution in [3.8, 4) is 22.6 Å². The number of carboxylic acid groups (broad SMARTS) is 1. The summed E-state index contributed by atoms with van der Waals surface area (Å²) in [6, 6.07) is 12.1. The quantitative estimate of drug-likeness (QED) is 0.760. The van der Waals surface area contributed by atoms with Crippen molar-refractivity contribution in [2.75, 3.05) is 0 Å². The van der Waals surface area contributed by atoms with Crippen molar-refractivity contribution in [1.82, 2.24) is 4.90 Å². The van der Waals surface area contributed by atoms with Gasteiger partial charge in [0.05, 0.1) is 0 Å². The first-order valence-corrected chi connectivity index (χ1v) is 8.65. The lowest BCUT2D eigenvalue weighted by Crippen LogP contribution is -2.40. The molecule has 5 nitrogen and oxygen atoms in total. The van der Waals surface area contributed by atoms with Gasteiger partial charge < -0.3 is 20.2 Å². The van der Waals surface area contributed by atoms with Crippen LogP contribution in [0.4, 0.5) is 4.79 Å². The van der Waals surface area contributed by atoms with Crippen molar-refractivity contribution < 1.29 is 20.1 Å². The number of amides is 1. The van der Waals surface area contributed by atoms with Gasteiger partial charge in [-0.3, -0.25) is 0 Å². The maximum Gasteiger partial charge on any atom is 0.407 e. The summed E-state index contributed by atoms with van der Waals surface area (Å²) in [6.07, 6.45) is 4.38. The van der Waals surface area contributed by atoms with Gasteiger partial charge in [0, 0.05) is 24.2 Å². The zero-order valence-corrected chi connectivity index (χ0v) is 14.1. The van der Waals surface area contributed by atoms with E-state index < -0.39 is 6.09 Å². The van der Waals surface area contributed by atoms with Crippen molar-refractivity contribution in [3.63, 3.8) is 0 Å². The van der Waals surface area contributed by atoms with Gasteiger partial charge in [-0.15, -0.1) is 0 Å². The van der Waals surface area contributed by atoms with Gasteiger partial charge in [-0.1, -0.05) is 43.5 Å². The molecule has 132 valence electrons. The van der Waals surface area contributed by atoms with Crippen LogP contribution in [0.2, 0.25) is 0 Å². The summed E-state index contributed by atoms with van der Waals surface area (Å²) in [6.45, 7) is 0.377. The van der Waals surface area contributed by atoms with Gasteiger partial charge in [0.15, 0.2) is 0 Å². The lowest BCUT2D eigenvalue weighted by molar-refractivity contribution is 0.107. The van der Waals surface area contributed by atoms with Crippen LogP contribution in [0.25, 0.3) is 11.1 Å². The van der Waals surface area contributed by atoms with Crippen LogP contribution in [-0.2, 0) is 6.54 Å². The van der Waals surface area contributed by atoms with Crippen molar-refractivity contribution >= 4 is 6.09 Å². The van der Waals surface area contributed by atoms with Crippen molar-refractivity contribution in [2.24, 2.45) is 0 Å². The summed E-state index contributed by atoms with van der Waals surface area (Å²) in [5.41, 5.74) is 2.38. The second-order valence-corrected chi connectivity index (χ2v) is 6.60. The molecule has 0 unspecified atom stereocenters. The lowest BCUT2D eigenvalue weighted by atomic mass is 9.94. The normalized spacial score (nSPS) is 15.0. The smallest absolute Gasteiger partial charge is 0.407 e. The van der Waals surface area contributed by atoms with Crippen molar-refractivity contribution in [2.45, 2.75) is 44.7 Å². The van der Waals surface area contributed by atoms with Crippen molar-refractivity contribution in [1.29, 1.82) is 0 Å². The van der Waals surface area contributed by atoms with E-state index in [1.165, 1.54) is 18.6 Å². The minimum Gasteiger partial charge on any atom is -0.508 e. The Morgan fingerprint density at radius 1 is 1.00 bits per heavy atom. The van der Waals surface area contributed by atoms with E-state index in [1.807, 2.05) is 24.3 Å². The van der Waals surface area contributed by atoms with Gasteiger partial charge in [0.1, 0.15) is 11.5 Å². The van der Waals surface area contributed by atoms with E-state index in [2.05, 4.69) is 0 Å². The van der Waals surface area contributed by atoms with E-state index >= 15 is 0 Å². The molecule has 1 aliphatic rings. The first-order chi connectivity index (χ1) is 12.0. The predicted octanol–water partition coefficient (Wildman–Crippen LogP) is 4.58. The third-order valence-electron chi connectivity index (χ3n) is 4.86. The number of benzene rings is 2. The molecular weight excluding hydrogens is 318 g/mol. The number of hydrogen-bond acceptors (Lipinski definition) is 3. The molecule has 0 bridgehead atoms. The Morgan fingerprint density at radius 2 is 1.68 bits per heavy atom. The van der Waals surface area contributed by atoms with Crippen LogP contribution in [0, 0.1) is 0 Å². The molecule has 1 aliphatic carbocycles. The molecule has 3 N–H and O–H groups in total. The van der Waals surface area contributed by atoms with Crippen molar-refractivity contribution in [3.05, 3.63) is 48.0 Å². The van der Waals surface area contributed by atoms with Crippen LogP contribution < -0.4 is 0 Å². The van der Waals surface area contributed by atoms with E-state index in [-0.39, 0.29) is 17.5 Å². The Morgan fingerprint density at radius 3 is 2.28 bits per heavy atom. The SMILES string of the molecule is O=C(O)N(Cc1ccc(-c2ccc(O)cc2O)cc1)C1CCCCC1. The average molecular weight is 341 g/mol. The molecule has 0 heterocycles. The number of hydrogen-bond donors (Lipinski definition) is 3. The highest BCUT2D eigenvalue weighted by molar-refractivity contribution is 5.71. The second-order valence-electron chi connectivity index (χ2n) is 6.60. The molecule has 0 aliphatic heterocycles. The molecule has 25 heavy (non-hydrogen) atoms. The zero-order chi connectivity index (χ0) is 17.8. The molecule has 0 aromatic heterocycles. The molecule has 1 fully saturated rings. The predicted molar refractivity (Wildman–Crippen MR) is 95.6 cm³/mol. The molecule has 1 amide bonds. The highest BCUT2D eigenvalue weighted by Gasteiger charge is 2.25. The van der Waals surface area contributed by atoms with E-state index in [4.69, 9.17) is 0 Å². The Kier molecular flexibility index (Phi) is 5.12. The van der Waals surface area contributed by atoms with E-state index in [0.29, 0.717) is 12.1 Å². The highest BCUT2D eigenvalue weighted by atomic mass is 16.4. The molecule has 0 radical (unpaired) electrons. The summed E-state index contributed by atoms with van der Waals surface area (Å²) < 4.78 is 0. The van der Waals surface area contributed by atoms with Crippen LogP contribution in [0.15, 0.2) is 42.5 Å². The van der Waals surface area contributed by atoms with Gasteiger partial charge in [0.2, 0.25) is 0 Å². The van der Waals surface area contributed by atoms with Gasteiger partial charge in [0.25, 0.3) is 0 Å². The topological polar surface area (TPSA) is 81.0 Å². The summed E-state index contributed by atoms with van der Waals surface area (Å²) in [5.74, 6) is 0.0320. The minimum absolute atomic E-state index is 0.0159. The first-order valence-electron chi connectivity index (χ1n) is 8.65. The van der Waals surface area contributed by atoms with Crippen LogP contribution in [0.5, 0.6) is 11.5 Å². The van der Waals surface area contributed by atoms with Crippen LogP contribution in [0.3, 0.4) is 0 Å². The molecular formula is C20H23NO4. The van der Waals surface area contributed by atoms with Crippen LogP contribution >= 0.6 is 0 Å². The van der Waals surface area contributed by atoms with Crippen LogP contribution in [0.1, 0.15) is 37.7 Å².